The summed E-state index contributed by atoms with van der Waals surface area (Å²) in [4.78, 5) is 4.41. The van der Waals surface area contributed by atoms with Crippen LogP contribution in [0.5, 0.6) is 0 Å². The van der Waals surface area contributed by atoms with E-state index in [1.165, 1.54) is 38.5 Å². The number of allylic oxidation sites excluding steroid dienone is 3. The van der Waals surface area contributed by atoms with Crippen LogP contribution in [0.25, 0.3) is 0 Å². The molecule has 2 fully saturated rings. The first-order valence-electron chi connectivity index (χ1n) is 7.68. The van der Waals surface area contributed by atoms with Gasteiger partial charge >= 0.3 is 0 Å². The molecule has 1 nitrogen and oxygen atoms in total. The molecule has 0 radical (unpaired) electrons. The first-order valence-corrected chi connectivity index (χ1v) is 7.68. The van der Waals surface area contributed by atoms with Crippen molar-refractivity contribution in [2.45, 2.75) is 45.4 Å². The standard InChI is InChI=1S/C17H23N/c1-17-8-2-3-16(17)14-5-4-12-7-10-18-11-15(12)13(14)6-9-17/h4,7,10-11,13-16H,2-3,5-6,8-9H2,1H3/t13-,14+,15-,16-,17-/m0/s1. The molecule has 4 rings (SSSR count). The summed E-state index contributed by atoms with van der Waals surface area (Å²) in [6, 6.07) is 0. The fourth-order valence-electron chi connectivity index (χ4n) is 5.40. The van der Waals surface area contributed by atoms with Crippen LogP contribution in [0.4, 0.5) is 0 Å². The monoisotopic (exact) mass is 241 g/mol. The zero-order valence-corrected chi connectivity index (χ0v) is 11.3. The highest BCUT2D eigenvalue weighted by Gasteiger charge is 2.51. The summed E-state index contributed by atoms with van der Waals surface area (Å²) in [5.74, 6) is 3.46. The number of rotatable bonds is 0. The number of hydrogen-bond acceptors (Lipinski definition) is 1. The van der Waals surface area contributed by atoms with Crippen LogP contribution in [0.15, 0.2) is 28.9 Å². The Bertz CT molecular complexity index is 445. The van der Waals surface area contributed by atoms with Crippen LogP contribution < -0.4 is 0 Å². The Morgan fingerprint density at radius 3 is 3.11 bits per heavy atom. The van der Waals surface area contributed by atoms with Crippen LogP contribution >= 0.6 is 0 Å². The van der Waals surface area contributed by atoms with Gasteiger partial charge in [-0.15, -0.1) is 0 Å². The van der Waals surface area contributed by atoms with Crippen molar-refractivity contribution in [1.29, 1.82) is 0 Å². The minimum absolute atomic E-state index is 0.638. The van der Waals surface area contributed by atoms with Crippen LogP contribution in [-0.2, 0) is 0 Å². The van der Waals surface area contributed by atoms with E-state index in [1.54, 1.807) is 5.57 Å². The lowest BCUT2D eigenvalue weighted by Crippen LogP contribution is -2.43. The summed E-state index contributed by atoms with van der Waals surface area (Å²) in [6.45, 7) is 2.56. The van der Waals surface area contributed by atoms with Crippen LogP contribution in [-0.4, -0.2) is 6.21 Å². The molecule has 96 valence electrons. The van der Waals surface area contributed by atoms with Crippen LogP contribution in [0.1, 0.15) is 45.4 Å². The first kappa shape index (κ1) is 11.0. The van der Waals surface area contributed by atoms with Crippen LogP contribution in [0, 0.1) is 29.1 Å². The Morgan fingerprint density at radius 1 is 1.22 bits per heavy atom. The Balaban J connectivity index is 1.69. The van der Waals surface area contributed by atoms with E-state index in [9.17, 15) is 0 Å². The third kappa shape index (κ3) is 1.42. The molecule has 0 unspecified atom stereocenters. The highest BCUT2D eigenvalue weighted by molar-refractivity contribution is 5.70. The van der Waals surface area contributed by atoms with E-state index in [4.69, 9.17) is 0 Å². The predicted molar refractivity (Wildman–Crippen MR) is 75.5 cm³/mol. The number of nitrogens with zero attached hydrogens (tertiary/aromatic N) is 1. The summed E-state index contributed by atoms with van der Waals surface area (Å²) < 4.78 is 0. The van der Waals surface area contributed by atoms with E-state index in [0.29, 0.717) is 11.3 Å². The van der Waals surface area contributed by atoms with Gasteiger partial charge in [0, 0.05) is 18.3 Å². The number of hydrogen-bond donors (Lipinski definition) is 0. The minimum atomic E-state index is 0.638. The zero-order chi connectivity index (χ0) is 12.2. The van der Waals surface area contributed by atoms with E-state index in [1.807, 2.05) is 6.20 Å². The van der Waals surface area contributed by atoms with Gasteiger partial charge in [-0.3, -0.25) is 4.99 Å². The maximum atomic E-state index is 4.41. The fourth-order valence-corrected chi connectivity index (χ4v) is 5.40. The van der Waals surface area contributed by atoms with Crippen molar-refractivity contribution in [3.63, 3.8) is 0 Å². The lowest BCUT2D eigenvalue weighted by atomic mass is 9.54. The van der Waals surface area contributed by atoms with E-state index in [-0.39, 0.29) is 0 Å². The van der Waals surface area contributed by atoms with Crippen molar-refractivity contribution in [3.05, 3.63) is 23.9 Å². The highest BCUT2D eigenvalue weighted by Crippen LogP contribution is 2.59. The van der Waals surface area contributed by atoms with Gasteiger partial charge < -0.3 is 0 Å². The molecule has 0 saturated heterocycles. The van der Waals surface area contributed by atoms with Gasteiger partial charge in [-0.1, -0.05) is 19.4 Å². The largest absolute Gasteiger partial charge is 0.268 e. The van der Waals surface area contributed by atoms with Crippen LogP contribution in [0.2, 0.25) is 0 Å². The topological polar surface area (TPSA) is 12.4 Å². The van der Waals surface area contributed by atoms with Gasteiger partial charge in [-0.25, -0.2) is 0 Å². The molecule has 1 heteroatoms. The molecular weight excluding hydrogens is 218 g/mol. The van der Waals surface area contributed by atoms with Gasteiger partial charge in [0.25, 0.3) is 0 Å². The molecule has 0 N–H and O–H groups in total. The van der Waals surface area contributed by atoms with Crippen molar-refractivity contribution in [1.82, 2.24) is 0 Å². The molecule has 0 aromatic rings. The molecule has 0 bridgehead atoms. The van der Waals surface area contributed by atoms with Crippen molar-refractivity contribution in [2.75, 3.05) is 0 Å². The van der Waals surface area contributed by atoms with E-state index in [0.717, 1.165) is 17.8 Å². The molecule has 3 aliphatic carbocycles. The average molecular weight is 241 g/mol. The van der Waals surface area contributed by atoms with Crippen molar-refractivity contribution >= 4 is 6.21 Å². The Hall–Kier alpha value is -0.850. The van der Waals surface area contributed by atoms with Gasteiger partial charge in [0.05, 0.1) is 0 Å². The quantitative estimate of drug-likeness (QED) is 0.597. The second-order valence-electron chi connectivity index (χ2n) is 7.10. The van der Waals surface area contributed by atoms with Gasteiger partial charge in [-0.05, 0) is 66.9 Å². The molecule has 1 heterocycles. The summed E-state index contributed by atoms with van der Waals surface area (Å²) in [5, 5.41) is 0. The SMILES string of the molecule is C[C@@]12CCC[C@H]1[C@@H]1CC=C3C=CN=C[C@@H]3[C@H]1CC2. The van der Waals surface area contributed by atoms with E-state index >= 15 is 0 Å². The maximum Gasteiger partial charge on any atom is 0.0266 e. The molecule has 4 aliphatic rings. The maximum absolute atomic E-state index is 4.41. The lowest BCUT2D eigenvalue weighted by molar-refractivity contribution is 0.0284. The third-order valence-corrected chi connectivity index (χ3v) is 6.35. The normalized spacial score (nSPS) is 49.3. The average Bonchev–Trinajstić information content (AvgIpc) is 2.80. The molecule has 0 amide bonds. The second kappa shape index (κ2) is 3.82. The van der Waals surface area contributed by atoms with Crippen molar-refractivity contribution < 1.29 is 0 Å². The Labute approximate surface area is 110 Å². The number of aliphatic imine (C=N–C) groups is 1. The number of fused-ring (bicyclic) bond motifs is 5. The smallest absolute Gasteiger partial charge is 0.0266 e. The molecule has 0 aromatic carbocycles. The summed E-state index contributed by atoms with van der Waals surface area (Å²) in [5.41, 5.74) is 2.22. The Kier molecular flexibility index (Phi) is 2.34. The molecule has 1 aliphatic heterocycles. The summed E-state index contributed by atoms with van der Waals surface area (Å²) in [7, 11) is 0. The Morgan fingerprint density at radius 2 is 2.17 bits per heavy atom. The zero-order valence-electron chi connectivity index (χ0n) is 11.3. The predicted octanol–water partition coefficient (Wildman–Crippen LogP) is 4.36. The summed E-state index contributed by atoms with van der Waals surface area (Å²) in [6.07, 6.45) is 17.6. The van der Waals surface area contributed by atoms with Gasteiger partial charge in [0.1, 0.15) is 0 Å². The van der Waals surface area contributed by atoms with E-state index in [2.05, 4.69) is 30.3 Å². The molecular formula is C17H23N. The fraction of sp³-hybridized carbons (Fsp3) is 0.706. The molecule has 5 atom stereocenters. The van der Waals surface area contributed by atoms with E-state index < -0.39 is 0 Å². The van der Waals surface area contributed by atoms with Gasteiger partial charge in [0.2, 0.25) is 0 Å². The molecule has 2 saturated carbocycles. The lowest BCUT2D eigenvalue weighted by Gasteiger charge is -2.50. The van der Waals surface area contributed by atoms with Gasteiger partial charge in [-0.2, -0.15) is 0 Å². The van der Waals surface area contributed by atoms with Crippen molar-refractivity contribution in [2.24, 2.45) is 34.1 Å². The third-order valence-electron chi connectivity index (χ3n) is 6.35. The summed E-state index contributed by atoms with van der Waals surface area (Å²) >= 11 is 0. The first-order chi connectivity index (χ1) is 8.78. The molecule has 0 spiro atoms. The highest BCUT2D eigenvalue weighted by atomic mass is 14.7. The van der Waals surface area contributed by atoms with Crippen molar-refractivity contribution in [3.8, 4) is 0 Å². The molecule has 18 heavy (non-hydrogen) atoms. The molecule has 0 aromatic heterocycles. The minimum Gasteiger partial charge on any atom is -0.268 e. The van der Waals surface area contributed by atoms with Crippen LogP contribution in [0.3, 0.4) is 0 Å². The van der Waals surface area contributed by atoms with Gasteiger partial charge in [0.15, 0.2) is 0 Å². The second-order valence-corrected chi connectivity index (χ2v) is 7.10.